The lowest BCUT2D eigenvalue weighted by Gasteiger charge is -2.12. The van der Waals surface area contributed by atoms with Crippen molar-refractivity contribution < 1.29 is 13.0 Å². The highest BCUT2D eigenvalue weighted by atomic mass is 32.2. The van der Waals surface area contributed by atoms with Gasteiger partial charge in [-0.3, -0.25) is 4.55 Å². The maximum absolute atomic E-state index is 11.7. The zero-order chi connectivity index (χ0) is 18.1. The minimum Gasteiger partial charge on any atom is -0.282 e. The standard InChI is InChI=1S/C20H14N2O3S/c23-26(24,25)17-13-7-12-16-20(17)22-19(15-10-5-2-6-11-15)18(21-16)14-8-3-1-4-9-14/h1-13H,(H,23,24,25). The molecule has 0 aliphatic rings. The predicted octanol–water partition coefficient (Wildman–Crippen LogP) is 4.21. The second-order valence-electron chi connectivity index (χ2n) is 5.75. The van der Waals surface area contributed by atoms with E-state index in [0.29, 0.717) is 16.9 Å². The summed E-state index contributed by atoms with van der Waals surface area (Å²) in [5.74, 6) is 0. The molecule has 0 fully saturated rings. The van der Waals surface area contributed by atoms with Crippen molar-refractivity contribution in [2.75, 3.05) is 0 Å². The lowest BCUT2D eigenvalue weighted by Crippen LogP contribution is -2.03. The Morgan fingerprint density at radius 2 is 1.19 bits per heavy atom. The van der Waals surface area contributed by atoms with Gasteiger partial charge in [-0.15, -0.1) is 0 Å². The van der Waals surface area contributed by atoms with Gasteiger partial charge in [0.2, 0.25) is 0 Å². The van der Waals surface area contributed by atoms with Crippen LogP contribution >= 0.6 is 0 Å². The van der Waals surface area contributed by atoms with Crippen molar-refractivity contribution in [1.29, 1.82) is 0 Å². The van der Waals surface area contributed by atoms with Crippen molar-refractivity contribution in [3.63, 3.8) is 0 Å². The fourth-order valence-electron chi connectivity index (χ4n) is 2.85. The summed E-state index contributed by atoms with van der Waals surface area (Å²) in [6.45, 7) is 0. The van der Waals surface area contributed by atoms with E-state index in [1.807, 2.05) is 60.7 Å². The predicted molar refractivity (Wildman–Crippen MR) is 100 cm³/mol. The SMILES string of the molecule is O=S(=O)(O)c1cccc2nc(-c3ccccc3)c(-c3ccccc3)nc12. The van der Waals surface area contributed by atoms with Gasteiger partial charge >= 0.3 is 0 Å². The molecule has 4 aromatic rings. The second kappa shape index (κ2) is 6.33. The Kier molecular flexibility index (Phi) is 3.99. The molecule has 1 heterocycles. The maximum atomic E-state index is 11.7. The highest BCUT2D eigenvalue weighted by Crippen LogP contribution is 2.32. The zero-order valence-corrected chi connectivity index (χ0v) is 14.4. The van der Waals surface area contributed by atoms with Crippen LogP contribution in [-0.4, -0.2) is 22.9 Å². The molecule has 26 heavy (non-hydrogen) atoms. The lowest BCUT2D eigenvalue weighted by molar-refractivity contribution is 0.484. The number of rotatable bonds is 3. The van der Waals surface area contributed by atoms with Gasteiger partial charge < -0.3 is 0 Å². The van der Waals surface area contributed by atoms with Crippen LogP contribution in [0.4, 0.5) is 0 Å². The normalized spacial score (nSPS) is 11.6. The van der Waals surface area contributed by atoms with Crippen molar-refractivity contribution in [3.8, 4) is 22.5 Å². The number of benzene rings is 3. The van der Waals surface area contributed by atoms with E-state index in [1.54, 1.807) is 6.07 Å². The molecule has 1 N–H and O–H groups in total. The summed E-state index contributed by atoms with van der Waals surface area (Å²) in [5.41, 5.74) is 3.44. The van der Waals surface area contributed by atoms with Crippen molar-refractivity contribution in [2.45, 2.75) is 4.90 Å². The molecule has 0 spiro atoms. The fraction of sp³-hybridized carbons (Fsp3) is 0. The average Bonchev–Trinajstić information content (AvgIpc) is 2.67. The Morgan fingerprint density at radius 1 is 0.654 bits per heavy atom. The third-order valence-corrected chi connectivity index (χ3v) is 4.92. The van der Waals surface area contributed by atoms with Gasteiger partial charge in [-0.05, 0) is 12.1 Å². The van der Waals surface area contributed by atoms with Crippen LogP contribution < -0.4 is 0 Å². The molecule has 0 aliphatic carbocycles. The minimum atomic E-state index is -4.41. The van der Waals surface area contributed by atoms with Gasteiger partial charge in [0, 0.05) is 11.1 Å². The van der Waals surface area contributed by atoms with Crippen molar-refractivity contribution in [2.24, 2.45) is 0 Å². The molecule has 4 rings (SSSR count). The molecular weight excluding hydrogens is 348 g/mol. The molecule has 6 heteroatoms. The summed E-state index contributed by atoms with van der Waals surface area (Å²) in [7, 11) is -4.41. The number of fused-ring (bicyclic) bond motifs is 1. The molecule has 0 saturated carbocycles. The first-order chi connectivity index (χ1) is 12.5. The van der Waals surface area contributed by atoms with Crippen molar-refractivity contribution >= 4 is 21.2 Å². The third-order valence-electron chi connectivity index (χ3n) is 4.03. The van der Waals surface area contributed by atoms with Gasteiger partial charge in [0.15, 0.2) is 0 Å². The highest BCUT2D eigenvalue weighted by Gasteiger charge is 2.19. The Bertz CT molecular complexity index is 1190. The number of hydrogen-bond donors (Lipinski definition) is 1. The van der Waals surface area contributed by atoms with Crippen LogP contribution in [0.3, 0.4) is 0 Å². The van der Waals surface area contributed by atoms with Gasteiger partial charge in [-0.2, -0.15) is 8.42 Å². The first-order valence-electron chi connectivity index (χ1n) is 7.93. The monoisotopic (exact) mass is 362 g/mol. The molecule has 1 aromatic heterocycles. The molecular formula is C20H14N2O3S. The summed E-state index contributed by atoms with van der Waals surface area (Å²) in [4.78, 5) is 8.99. The molecule has 0 unspecified atom stereocenters. The van der Waals surface area contributed by atoms with E-state index in [1.165, 1.54) is 12.1 Å². The topological polar surface area (TPSA) is 80.2 Å². The number of para-hydroxylation sites is 1. The largest absolute Gasteiger partial charge is 0.296 e. The Morgan fingerprint density at radius 3 is 1.73 bits per heavy atom. The van der Waals surface area contributed by atoms with E-state index in [0.717, 1.165) is 11.1 Å². The van der Waals surface area contributed by atoms with Crippen LogP contribution in [-0.2, 0) is 10.1 Å². The summed E-state index contributed by atoms with van der Waals surface area (Å²) < 4.78 is 33.0. The van der Waals surface area contributed by atoms with Crippen molar-refractivity contribution in [1.82, 2.24) is 9.97 Å². The number of aromatic nitrogens is 2. The van der Waals surface area contributed by atoms with Crippen molar-refractivity contribution in [3.05, 3.63) is 78.9 Å². The van der Waals surface area contributed by atoms with E-state index in [-0.39, 0.29) is 10.4 Å². The Labute approximate surface area is 150 Å². The highest BCUT2D eigenvalue weighted by molar-refractivity contribution is 7.86. The zero-order valence-electron chi connectivity index (χ0n) is 13.6. The minimum absolute atomic E-state index is 0.147. The lowest BCUT2D eigenvalue weighted by atomic mass is 10.0. The van der Waals surface area contributed by atoms with Crippen LogP contribution in [0.25, 0.3) is 33.5 Å². The van der Waals surface area contributed by atoms with E-state index in [2.05, 4.69) is 9.97 Å². The molecule has 0 atom stereocenters. The molecule has 0 aliphatic heterocycles. The van der Waals surface area contributed by atoms with Crippen LogP contribution in [0.15, 0.2) is 83.8 Å². The molecule has 128 valence electrons. The fourth-order valence-corrected chi connectivity index (χ4v) is 3.50. The van der Waals surface area contributed by atoms with Gasteiger partial charge in [0.25, 0.3) is 10.1 Å². The number of nitrogens with zero attached hydrogens (tertiary/aromatic N) is 2. The Balaban J connectivity index is 2.11. The smallest absolute Gasteiger partial charge is 0.282 e. The first kappa shape index (κ1) is 16.4. The third kappa shape index (κ3) is 2.96. The average molecular weight is 362 g/mol. The summed E-state index contributed by atoms with van der Waals surface area (Å²) in [6.07, 6.45) is 0. The summed E-state index contributed by atoms with van der Waals surface area (Å²) in [5, 5.41) is 0. The van der Waals surface area contributed by atoms with Gasteiger partial charge in [-0.1, -0.05) is 66.7 Å². The first-order valence-corrected chi connectivity index (χ1v) is 9.37. The summed E-state index contributed by atoms with van der Waals surface area (Å²) >= 11 is 0. The van der Waals surface area contributed by atoms with Crippen LogP contribution in [0.5, 0.6) is 0 Å². The van der Waals surface area contributed by atoms with Gasteiger partial charge in [-0.25, -0.2) is 9.97 Å². The molecule has 0 radical (unpaired) electrons. The van der Waals surface area contributed by atoms with E-state index in [9.17, 15) is 13.0 Å². The number of hydrogen-bond acceptors (Lipinski definition) is 4. The van der Waals surface area contributed by atoms with Crippen LogP contribution in [0.1, 0.15) is 0 Å². The quantitative estimate of drug-likeness (QED) is 0.552. The summed E-state index contributed by atoms with van der Waals surface area (Å²) in [6, 6.07) is 23.5. The second-order valence-corrected chi connectivity index (χ2v) is 7.14. The Hall–Kier alpha value is -3.09. The molecule has 3 aromatic carbocycles. The molecule has 5 nitrogen and oxygen atoms in total. The molecule has 0 amide bonds. The van der Waals surface area contributed by atoms with E-state index in [4.69, 9.17) is 0 Å². The van der Waals surface area contributed by atoms with Gasteiger partial charge in [0.05, 0.1) is 16.9 Å². The maximum Gasteiger partial charge on any atom is 0.296 e. The van der Waals surface area contributed by atoms with Gasteiger partial charge in [0.1, 0.15) is 10.4 Å². The van der Waals surface area contributed by atoms with E-state index < -0.39 is 10.1 Å². The molecule has 0 bridgehead atoms. The van der Waals surface area contributed by atoms with E-state index >= 15 is 0 Å². The molecule has 0 saturated heterocycles. The van der Waals surface area contributed by atoms with Crippen LogP contribution in [0.2, 0.25) is 0 Å². The van der Waals surface area contributed by atoms with Crippen LogP contribution in [0, 0.1) is 0 Å².